The minimum atomic E-state index is -0.774. The molecule has 0 fully saturated rings. The molecule has 0 saturated heterocycles. The van der Waals surface area contributed by atoms with Gasteiger partial charge in [0.25, 0.3) is 0 Å². The van der Waals surface area contributed by atoms with Crippen LogP contribution in [0.25, 0.3) is 0 Å². The highest BCUT2D eigenvalue weighted by atomic mass is 19.1. The Labute approximate surface area is 71.2 Å². The van der Waals surface area contributed by atoms with E-state index in [-0.39, 0.29) is 5.82 Å². The van der Waals surface area contributed by atoms with Gasteiger partial charge in [0.1, 0.15) is 5.82 Å². The molecule has 1 rings (SSSR count). The molecule has 0 aromatic heterocycles. The number of hydrogen-bond donors (Lipinski definition) is 1. The first kappa shape index (κ1) is 8.94. The third-order valence-corrected chi connectivity index (χ3v) is 1.65. The summed E-state index contributed by atoms with van der Waals surface area (Å²) in [6.45, 7) is 3.47. The van der Waals surface area contributed by atoms with Crippen molar-refractivity contribution in [2.75, 3.05) is 0 Å². The quantitative estimate of drug-likeness (QED) is 0.684. The van der Waals surface area contributed by atoms with Gasteiger partial charge in [-0.3, -0.25) is 0 Å². The van der Waals surface area contributed by atoms with E-state index in [1.165, 1.54) is 6.07 Å². The smallest absolute Gasteiger partial charge is 0.129 e. The van der Waals surface area contributed by atoms with Gasteiger partial charge in [0.2, 0.25) is 0 Å². The molecular formula is C10H11FO. The minimum absolute atomic E-state index is 0.331. The molecule has 0 bridgehead atoms. The van der Waals surface area contributed by atoms with Crippen molar-refractivity contribution in [2.24, 2.45) is 0 Å². The number of halogens is 1. The third kappa shape index (κ3) is 1.92. The molecule has 0 aliphatic carbocycles. The Morgan fingerprint density at radius 3 is 2.75 bits per heavy atom. The van der Waals surface area contributed by atoms with E-state index in [2.05, 4.69) is 6.58 Å². The second kappa shape index (κ2) is 4.02. The molecule has 0 heterocycles. The van der Waals surface area contributed by atoms with Crippen molar-refractivity contribution >= 4 is 0 Å². The average molecular weight is 166 g/mol. The van der Waals surface area contributed by atoms with Gasteiger partial charge in [-0.05, 0) is 12.5 Å². The zero-order valence-electron chi connectivity index (χ0n) is 6.70. The summed E-state index contributed by atoms with van der Waals surface area (Å²) in [5, 5.41) is 9.39. The Morgan fingerprint density at radius 1 is 1.50 bits per heavy atom. The summed E-state index contributed by atoms with van der Waals surface area (Å²) in [5.41, 5.74) is 0.331. The molecule has 0 aliphatic rings. The molecule has 0 amide bonds. The highest BCUT2D eigenvalue weighted by molar-refractivity contribution is 5.20. The number of aliphatic hydroxyl groups is 1. The lowest BCUT2D eigenvalue weighted by atomic mass is 10.1. The van der Waals surface area contributed by atoms with Crippen molar-refractivity contribution in [3.05, 3.63) is 48.3 Å². The van der Waals surface area contributed by atoms with Gasteiger partial charge in [-0.2, -0.15) is 0 Å². The molecule has 0 aliphatic heterocycles. The summed E-state index contributed by atoms with van der Waals surface area (Å²) in [5.74, 6) is -0.369. The summed E-state index contributed by atoms with van der Waals surface area (Å²) >= 11 is 0. The maximum Gasteiger partial charge on any atom is 0.129 e. The highest BCUT2D eigenvalue weighted by Gasteiger charge is 2.09. The van der Waals surface area contributed by atoms with Crippen LogP contribution in [-0.2, 0) is 0 Å². The predicted octanol–water partition coefficient (Wildman–Crippen LogP) is 2.44. The topological polar surface area (TPSA) is 20.2 Å². The summed E-state index contributed by atoms with van der Waals surface area (Å²) in [4.78, 5) is 0. The zero-order valence-corrected chi connectivity index (χ0v) is 6.70. The van der Waals surface area contributed by atoms with Gasteiger partial charge < -0.3 is 5.11 Å². The summed E-state index contributed by atoms with van der Waals surface area (Å²) in [6, 6.07) is 6.20. The van der Waals surface area contributed by atoms with Gasteiger partial charge in [0.05, 0.1) is 6.10 Å². The van der Waals surface area contributed by atoms with Gasteiger partial charge in [0.15, 0.2) is 0 Å². The van der Waals surface area contributed by atoms with Gasteiger partial charge >= 0.3 is 0 Å². The van der Waals surface area contributed by atoms with Gasteiger partial charge in [-0.1, -0.05) is 24.3 Å². The van der Waals surface area contributed by atoms with Crippen LogP contribution >= 0.6 is 0 Å². The number of hydrogen-bond acceptors (Lipinski definition) is 1. The monoisotopic (exact) mass is 166 g/mol. The third-order valence-electron chi connectivity index (χ3n) is 1.65. The molecular weight excluding hydrogens is 155 g/mol. The van der Waals surface area contributed by atoms with E-state index in [9.17, 15) is 9.50 Å². The second-order valence-corrected chi connectivity index (χ2v) is 2.56. The van der Waals surface area contributed by atoms with Crippen LogP contribution in [0, 0.1) is 5.82 Å². The fraction of sp³-hybridized carbons (Fsp3) is 0.200. The normalized spacial score (nSPS) is 12.5. The fourth-order valence-electron chi connectivity index (χ4n) is 1.03. The predicted molar refractivity (Wildman–Crippen MR) is 46.2 cm³/mol. The van der Waals surface area contributed by atoms with Crippen LogP contribution in [-0.4, -0.2) is 5.11 Å². The molecule has 1 nitrogen and oxygen atoms in total. The molecule has 2 heteroatoms. The van der Waals surface area contributed by atoms with E-state index in [1.807, 2.05) is 0 Å². The van der Waals surface area contributed by atoms with Crippen LogP contribution in [0.1, 0.15) is 18.1 Å². The van der Waals surface area contributed by atoms with E-state index in [0.717, 1.165) is 0 Å². The first-order chi connectivity index (χ1) is 5.75. The maximum atomic E-state index is 13.0. The van der Waals surface area contributed by atoms with Crippen LogP contribution in [0.4, 0.5) is 4.39 Å². The van der Waals surface area contributed by atoms with Crippen molar-refractivity contribution < 1.29 is 9.50 Å². The molecule has 1 aromatic rings. The molecule has 0 spiro atoms. The first-order valence-corrected chi connectivity index (χ1v) is 3.79. The van der Waals surface area contributed by atoms with E-state index >= 15 is 0 Å². The molecule has 64 valence electrons. The van der Waals surface area contributed by atoms with Crippen molar-refractivity contribution in [3.63, 3.8) is 0 Å². The number of rotatable bonds is 3. The van der Waals surface area contributed by atoms with Gasteiger partial charge in [-0.15, -0.1) is 6.58 Å². The van der Waals surface area contributed by atoms with E-state index < -0.39 is 6.10 Å². The molecule has 0 unspecified atom stereocenters. The molecule has 1 aromatic carbocycles. The van der Waals surface area contributed by atoms with Crippen LogP contribution in [0.5, 0.6) is 0 Å². The van der Waals surface area contributed by atoms with E-state index in [0.29, 0.717) is 12.0 Å². The average Bonchev–Trinajstić information content (AvgIpc) is 2.05. The number of benzene rings is 1. The lowest BCUT2D eigenvalue weighted by molar-refractivity contribution is 0.177. The standard InChI is InChI=1S/C10H11FO/c1-2-5-10(12)8-6-3-4-7-9(8)11/h2-4,6-7,10,12H,1,5H2/t10-/m1/s1. The Balaban J connectivity index is 2.86. The van der Waals surface area contributed by atoms with Gasteiger partial charge in [0, 0.05) is 5.56 Å². The zero-order chi connectivity index (χ0) is 8.97. The lowest BCUT2D eigenvalue weighted by Gasteiger charge is -2.08. The molecule has 1 atom stereocenters. The van der Waals surface area contributed by atoms with Gasteiger partial charge in [-0.25, -0.2) is 4.39 Å². The molecule has 1 N–H and O–H groups in total. The summed E-state index contributed by atoms with van der Waals surface area (Å²) in [7, 11) is 0. The summed E-state index contributed by atoms with van der Waals surface area (Å²) in [6.07, 6.45) is 1.17. The first-order valence-electron chi connectivity index (χ1n) is 3.79. The fourth-order valence-corrected chi connectivity index (χ4v) is 1.03. The van der Waals surface area contributed by atoms with Crippen molar-refractivity contribution in [2.45, 2.75) is 12.5 Å². The van der Waals surface area contributed by atoms with Crippen LogP contribution in [0.3, 0.4) is 0 Å². The van der Waals surface area contributed by atoms with E-state index in [4.69, 9.17) is 0 Å². The SMILES string of the molecule is C=CC[C@@H](O)c1ccccc1F. The Bertz CT molecular complexity index is 270. The molecule has 0 saturated carbocycles. The minimum Gasteiger partial charge on any atom is -0.388 e. The van der Waals surface area contributed by atoms with Crippen LogP contribution in [0.15, 0.2) is 36.9 Å². The largest absolute Gasteiger partial charge is 0.388 e. The maximum absolute atomic E-state index is 13.0. The molecule has 0 radical (unpaired) electrons. The molecule has 12 heavy (non-hydrogen) atoms. The lowest BCUT2D eigenvalue weighted by Crippen LogP contribution is -1.98. The highest BCUT2D eigenvalue weighted by Crippen LogP contribution is 2.19. The summed E-state index contributed by atoms with van der Waals surface area (Å²) < 4.78 is 13.0. The van der Waals surface area contributed by atoms with Crippen molar-refractivity contribution in [1.82, 2.24) is 0 Å². The Morgan fingerprint density at radius 2 is 2.17 bits per heavy atom. The van der Waals surface area contributed by atoms with E-state index in [1.54, 1.807) is 24.3 Å². The van der Waals surface area contributed by atoms with Crippen LogP contribution < -0.4 is 0 Å². The Kier molecular flexibility index (Phi) is 3.00. The van der Waals surface area contributed by atoms with Crippen molar-refractivity contribution in [3.8, 4) is 0 Å². The van der Waals surface area contributed by atoms with Crippen LogP contribution in [0.2, 0.25) is 0 Å². The Hall–Kier alpha value is -1.15. The second-order valence-electron chi connectivity index (χ2n) is 2.56. The van der Waals surface area contributed by atoms with Crippen molar-refractivity contribution in [1.29, 1.82) is 0 Å². The number of aliphatic hydroxyl groups excluding tert-OH is 1.